The summed E-state index contributed by atoms with van der Waals surface area (Å²) in [5.41, 5.74) is 0. The normalized spacial score (nSPS) is 8.29. The minimum absolute atomic E-state index is 0. The third-order valence-corrected chi connectivity index (χ3v) is 0. The summed E-state index contributed by atoms with van der Waals surface area (Å²) >= 11 is 0. The maximum Gasteiger partial charge on any atom is 2.00 e. The fourth-order valence-electron chi connectivity index (χ4n) is 0. The van der Waals surface area contributed by atoms with Crippen molar-refractivity contribution in [3.8, 4) is 0 Å². The van der Waals surface area contributed by atoms with Crippen LogP contribution < -0.4 is 6.15 Å². The van der Waals surface area contributed by atoms with Crippen molar-refractivity contribution in [1.82, 2.24) is 6.15 Å². The van der Waals surface area contributed by atoms with Crippen molar-refractivity contribution in [3.63, 3.8) is 0 Å². The molecule has 11 nitrogen and oxygen atoms in total. The van der Waals surface area contributed by atoms with Crippen molar-refractivity contribution in [1.29, 1.82) is 0 Å². The van der Waals surface area contributed by atoms with E-state index in [1.54, 1.807) is 0 Å². The van der Waals surface area contributed by atoms with Gasteiger partial charge in [-0.2, -0.15) is 16.8 Å². The molecule has 92 valence electrons. The van der Waals surface area contributed by atoms with Gasteiger partial charge in [0.1, 0.15) is 0 Å². The predicted molar refractivity (Wildman–Crippen MR) is 48.6 cm³/mol. The maximum absolute atomic E-state index is 8.74. The van der Waals surface area contributed by atoms with Crippen LogP contribution in [0, 0.1) is 0 Å². The first-order valence-electron chi connectivity index (χ1n) is 1.40. The molecule has 11 N–H and O–H groups in total. The molecule has 0 amide bonds. The van der Waals surface area contributed by atoms with Crippen LogP contribution in [0.2, 0.25) is 0 Å². The zero-order valence-corrected chi connectivity index (χ0v) is 10.5. The molecule has 0 atom stereocenters. The molecule has 0 saturated carbocycles. The minimum atomic E-state index is -4.67. The molecule has 0 aromatic heterocycles. The SMILES string of the molecule is N.O.O.O=S(=O)(O)O.O=S(=O)(O)O.[Ca+2].[H-].[H-]. The Balaban J connectivity index is -0.00000000970. The fraction of sp³-hybridized carbons (Fsp3) is 0. The molecule has 0 fully saturated rings. The van der Waals surface area contributed by atoms with Gasteiger partial charge >= 0.3 is 58.5 Å². The molecule has 0 aliphatic heterocycles. The van der Waals surface area contributed by atoms with Crippen LogP contribution in [-0.4, -0.2) is 83.7 Å². The Bertz CT molecular complexity index is 223. The molecule has 0 unspecified atom stereocenters. The molecule has 14 heavy (non-hydrogen) atoms. The van der Waals surface area contributed by atoms with Gasteiger partial charge in [0.2, 0.25) is 0 Å². The average molecular weight is 291 g/mol. The van der Waals surface area contributed by atoms with Crippen LogP contribution in [0.15, 0.2) is 0 Å². The smallest absolute Gasteiger partial charge is 1.00 e. The van der Waals surface area contributed by atoms with Gasteiger partial charge < -0.3 is 20.0 Å². The second-order valence-corrected chi connectivity index (χ2v) is 2.69. The van der Waals surface area contributed by atoms with Crippen molar-refractivity contribution in [2.75, 3.05) is 0 Å². The molecular formula is H13CaNO10S2. The summed E-state index contributed by atoms with van der Waals surface area (Å²) in [5.74, 6) is 0. The van der Waals surface area contributed by atoms with E-state index in [0.29, 0.717) is 0 Å². The first kappa shape index (κ1) is 36.4. The number of hydrogen-bond acceptors (Lipinski definition) is 5. The monoisotopic (exact) mass is 291 g/mol. The summed E-state index contributed by atoms with van der Waals surface area (Å²) in [6.45, 7) is 0. The standard InChI is InChI=1S/Ca.H3N.2H2O4S.2H2O.2H/c;;2*1-5(2,3)4;;;;/h;1H3;2*(H2,1,2,3,4);2*1H2;;/q+2;;;;;;2*-1. The van der Waals surface area contributed by atoms with Crippen LogP contribution in [-0.2, 0) is 20.8 Å². The van der Waals surface area contributed by atoms with Crippen molar-refractivity contribution >= 4 is 58.5 Å². The molecule has 0 spiro atoms. The molecule has 0 heterocycles. The Kier molecular flexibility index (Phi) is 36.0. The van der Waals surface area contributed by atoms with Crippen LogP contribution in [0.25, 0.3) is 0 Å². The van der Waals surface area contributed by atoms with E-state index in [1.165, 1.54) is 0 Å². The summed E-state index contributed by atoms with van der Waals surface area (Å²) in [5, 5.41) is 0. The Labute approximate surface area is 113 Å². The molecule has 0 aliphatic rings. The predicted octanol–water partition coefficient (Wildman–Crippen LogP) is -2.95. The summed E-state index contributed by atoms with van der Waals surface area (Å²) < 4.78 is 63.2. The summed E-state index contributed by atoms with van der Waals surface area (Å²) in [6.07, 6.45) is 0. The maximum atomic E-state index is 8.74. The van der Waals surface area contributed by atoms with Gasteiger partial charge in [0.25, 0.3) is 0 Å². The third-order valence-electron chi connectivity index (χ3n) is 0. The first-order valence-corrected chi connectivity index (χ1v) is 4.19. The van der Waals surface area contributed by atoms with Crippen molar-refractivity contribution in [3.05, 3.63) is 0 Å². The Morgan fingerprint density at radius 2 is 0.714 bits per heavy atom. The molecular weight excluding hydrogens is 278 g/mol. The van der Waals surface area contributed by atoms with Gasteiger partial charge in [0.15, 0.2) is 0 Å². The Morgan fingerprint density at radius 1 is 0.714 bits per heavy atom. The molecule has 14 heteroatoms. The second-order valence-electron chi connectivity index (χ2n) is 0.896. The van der Waals surface area contributed by atoms with Crippen molar-refractivity contribution in [2.45, 2.75) is 0 Å². The van der Waals surface area contributed by atoms with Gasteiger partial charge in [-0.1, -0.05) is 0 Å². The number of rotatable bonds is 0. The topological polar surface area (TPSA) is 247 Å². The van der Waals surface area contributed by atoms with Gasteiger partial charge in [0, 0.05) is 0 Å². The van der Waals surface area contributed by atoms with E-state index in [-0.39, 0.29) is 57.7 Å². The second kappa shape index (κ2) is 13.9. The van der Waals surface area contributed by atoms with Crippen LogP contribution >= 0.6 is 0 Å². The molecule has 0 aromatic rings. The molecule has 0 aromatic carbocycles. The van der Waals surface area contributed by atoms with Crippen LogP contribution in [0.4, 0.5) is 0 Å². The largest absolute Gasteiger partial charge is 2.00 e. The summed E-state index contributed by atoms with van der Waals surface area (Å²) in [4.78, 5) is 0. The van der Waals surface area contributed by atoms with Gasteiger partial charge in [0.05, 0.1) is 0 Å². The minimum Gasteiger partial charge on any atom is -1.00 e. The molecule has 0 saturated heterocycles. The van der Waals surface area contributed by atoms with Crippen LogP contribution in [0.1, 0.15) is 2.85 Å². The summed E-state index contributed by atoms with van der Waals surface area (Å²) in [6, 6.07) is 0. The van der Waals surface area contributed by atoms with Crippen molar-refractivity contribution < 1.29 is 48.9 Å². The quantitative estimate of drug-likeness (QED) is 0.225. The van der Waals surface area contributed by atoms with E-state index in [1.807, 2.05) is 0 Å². The third kappa shape index (κ3) is 2350. The van der Waals surface area contributed by atoms with Crippen molar-refractivity contribution in [2.24, 2.45) is 0 Å². The van der Waals surface area contributed by atoms with E-state index >= 15 is 0 Å². The molecule has 0 bridgehead atoms. The fourth-order valence-corrected chi connectivity index (χ4v) is 0. The van der Waals surface area contributed by atoms with Crippen LogP contribution in [0.3, 0.4) is 0 Å². The van der Waals surface area contributed by atoms with E-state index in [4.69, 9.17) is 35.0 Å². The first-order chi connectivity index (χ1) is 4.00. The van der Waals surface area contributed by atoms with Gasteiger partial charge in [-0.3, -0.25) is 18.2 Å². The Hall–Kier alpha value is 0.880. The van der Waals surface area contributed by atoms with E-state index < -0.39 is 20.8 Å². The zero-order valence-electron chi connectivity index (χ0n) is 8.65. The molecule has 0 radical (unpaired) electrons. The van der Waals surface area contributed by atoms with Gasteiger partial charge in [-0.25, -0.2) is 0 Å². The van der Waals surface area contributed by atoms with Gasteiger partial charge in [-0.15, -0.1) is 0 Å². The van der Waals surface area contributed by atoms with Crippen LogP contribution in [0.5, 0.6) is 0 Å². The number of hydrogen-bond donors (Lipinski definition) is 5. The molecule has 0 aliphatic carbocycles. The zero-order chi connectivity index (χ0) is 9.00. The summed E-state index contributed by atoms with van der Waals surface area (Å²) in [7, 11) is -9.33. The van der Waals surface area contributed by atoms with E-state index in [2.05, 4.69) is 0 Å². The molecule has 0 rings (SSSR count). The Morgan fingerprint density at radius 3 is 0.714 bits per heavy atom. The van der Waals surface area contributed by atoms with E-state index in [0.717, 1.165) is 0 Å². The van der Waals surface area contributed by atoms with Gasteiger partial charge in [-0.05, 0) is 0 Å². The average Bonchev–Trinajstić information content (AvgIpc) is 1.12. The van der Waals surface area contributed by atoms with E-state index in [9.17, 15) is 0 Å².